The van der Waals surface area contributed by atoms with Gasteiger partial charge in [0.05, 0.1) is 6.42 Å². The van der Waals surface area contributed by atoms with Gasteiger partial charge in [0.2, 0.25) is 5.91 Å². The smallest absolute Gasteiger partial charge is 0.305 e. The molecule has 1 N–H and O–H groups in total. The van der Waals surface area contributed by atoms with Crippen LogP contribution in [0.4, 0.5) is 5.69 Å². The third-order valence-electron chi connectivity index (χ3n) is 3.48. The van der Waals surface area contributed by atoms with E-state index in [2.05, 4.69) is 0 Å². The molecule has 0 fully saturated rings. The molecule has 0 aliphatic carbocycles. The second-order valence-electron chi connectivity index (χ2n) is 5.19. The topological polar surface area (TPSA) is 57.6 Å². The third kappa shape index (κ3) is 4.68. The minimum Gasteiger partial charge on any atom is -0.481 e. The molecule has 20 heavy (non-hydrogen) atoms. The molecule has 1 atom stereocenters. The molecule has 110 valence electrons. The zero-order chi connectivity index (χ0) is 15.1. The fraction of sp³-hybridized carbons (Fsp3) is 0.500. The lowest BCUT2D eigenvalue weighted by molar-refractivity contribution is -0.136. The minimum absolute atomic E-state index is 0.00472. The first-order valence-corrected chi connectivity index (χ1v) is 7.03. The lowest BCUT2D eigenvalue weighted by atomic mass is 10.0. The summed E-state index contributed by atoms with van der Waals surface area (Å²) >= 11 is 0. The Kier molecular flexibility index (Phi) is 6.22. The molecule has 1 aromatic carbocycles. The van der Waals surface area contributed by atoms with Crippen LogP contribution in [0.2, 0.25) is 0 Å². The molecule has 4 nitrogen and oxygen atoms in total. The molecular weight excluding hydrogens is 254 g/mol. The van der Waals surface area contributed by atoms with Gasteiger partial charge < -0.3 is 10.0 Å². The number of anilines is 1. The van der Waals surface area contributed by atoms with Crippen molar-refractivity contribution in [1.29, 1.82) is 0 Å². The molecule has 0 aliphatic heterocycles. The summed E-state index contributed by atoms with van der Waals surface area (Å²) in [7, 11) is 0. The predicted octanol–water partition coefficient (Wildman–Crippen LogP) is 3.24. The summed E-state index contributed by atoms with van der Waals surface area (Å²) < 4.78 is 0. The summed E-state index contributed by atoms with van der Waals surface area (Å²) in [5.41, 5.74) is 1.79. The molecule has 4 heteroatoms. The number of rotatable bonds is 7. The normalized spacial score (nSPS) is 11.9. The number of hydrogen-bond donors (Lipinski definition) is 1. The van der Waals surface area contributed by atoms with Crippen LogP contribution in [0, 0.1) is 12.8 Å². The lowest BCUT2D eigenvalue weighted by Gasteiger charge is -2.25. The highest BCUT2D eigenvalue weighted by molar-refractivity contribution is 5.94. The fourth-order valence-corrected chi connectivity index (χ4v) is 2.01. The Bertz CT molecular complexity index is 471. The van der Waals surface area contributed by atoms with Crippen molar-refractivity contribution < 1.29 is 14.7 Å². The Balaban J connectivity index is 2.93. The molecule has 1 amide bonds. The van der Waals surface area contributed by atoms with Gasteiger partial charge in [-0.25, -0.2) is 0 Å². The van der Waals surface area contributed by atoms with Gasteiger partial charge in [0, 0.05) is 18.7 Å². The Morgan fingerprint density at radius 2 is 1.95 bits per heavy atom. The van der Waals surface area contributed by atoms with E-state index in [4.69, 9.17) is 5.11 Å². The summed E-state index contributed by atoms with van der Waals surface area (Å²) in [6.07, 6.45) is 1.34. The van der Waals surface area contributed by atoms with Crippen LogP contribution in [0.15, 0.2) is 24.3 Å². The number of carbonyl (C=O) groups is 2. The van der Waals surface area contributed by atoms with E-state index >= 15 is 0 Å². The number of carboxylic acid groups (broad SMARTS) is 1. The number of aryl methyl sites for hydroxylation is 1. The zero-order valence-corrected chi connectivity index (χ0v) is 12.4. The summed E-state index contributed by atoms with van der Waals surface area (Å²) in [4.78, 5) is 24.8. The van der Waals surface area contributed by atoms with Gasteiger partial charge in [0.25, 0.3) is 0 Å². The van der Waals surface area contributed by atoms with Gasteiger partial charge in [-0.2, -0.15) is 0 Å². The van der Waals surface area contributed by atoms with Crippen LogP contribution in [0.1, 0.15) is 38.7 Å². The maximum Gasteiger partial charge on any atom is 0.305 e. The molecule has 0 heterocycles. The number of aliphatic carboxylic acids is 1. The predicted molar refractivity (Wildman–Crippen MR) is 79.9 cm³/mol. The Morgan fingerprint density at radius 3 is 2.50 bits per heavy atom. The van der Waals surface area contributed by atoms with E-state index in [0.717, 1.165) is 17.7 Å². The first-order valence-electron chi connectivity index (χ1n) is 7.03. The van der Waals surface area contributed by atoms with Crippen LogP contribution in [0.25, 0.3) is 0 Å². The van der Waals surface area contributed by atoms with E-state index in [0.29, 0.717) is 12.3 Å². The van der Waals surface area contributed by atoms with Crippen molar-refractivity contribution in [3.05, 3.63) is 29.8 Å². The lowest BCUT2D eigenvalue weighted by Crippen LogP contribution is -2.34. The average Bonchev–Trinajstić information content (AvgIpc) is 2.40. The minimum atomic E-state index is -0.889. The van der Waals surface area contributed by atoms with Gasteiger partial charge in [0.1, 0.15) is 0 Å². The molecule has 0 aromatic heterocycles. The number of para-hydroxylation sites is 1. The van der Waals surface area contributed by atoms with E-state index in [1.807, 2.05) is 45.0 Å². The highest BCUT2D eigenvalue weighted by Crippen LogP contribution is 2.22. The molecule has 0 saturated heterocycles. The van der Waals surface area contributed by atoms with E-state index in [1.54, 1.807) is 4.90 Å². The van der Waals surface area contributed by atoms with Gasteiger partial charge in [-0.15, -0.1) is 0 Å². The largest absolute Gasteiger partial charge is 0.481 e. The highest BCUT2D eigenvalue weighted by atomic mass is 16.4. The Morgan fingerprint density at radius 1 is 1.30 bits per heavy atom. The highest BCUT2D eigenvalue weighted by Gasteiger charge is 2.19. The Hall–Kier alpha value is -1.84. The molecular formula is C16H23NO3. The molecule has 1 unspecified atom stereocenters. The van der Waals surface area contributed by atoms with Crippen LogP contribution in [-0.2, 0) is 9.59 Å². The fourth-order valence-electron chi connectivity index (χ4n) is 2.01. The van der Waals surface area contributed by atoms with Crippen molar-refractivity contribution in [3.8, 4) is 0 Å². The molecule has 0 bridgehead atoms. The number of hydrogen-bond acceptors (Lipinski definition) is 2. The molecule has 0 saturated carbocycles. The average molecular weight is 277 g/mol. The van der Waals surface area contributed by atoms with Crippen molar-refractivity contribution in [2.45, 2.75) is 40.0 Å². The maximum absolute atomic E-state index is 12.4. The van der Waals surface area contributed by atoms with Gasteiger partial charge in [-0.3, -0.25) is 9.59 Å². The van der Waals surface area contributed by atoms with Gasteiger partial charge in [0.15, 0.2) is 0 Å². The van der Waals surface area contributed by atoms with Gasteiger partial charge in [-0.05, 0) is 24.5 Å². The summed E-state index contributed by atoms with van der Waals surface area (Å²) in [5, 5.41) is 8.85. The van der Waals surface area contributed by atoms with E-state index in [1.165, 1.54) is 0 Å². The first-order chi connectivity index (χ1) is 9.45. The van der Waals surface area contributed by atoms with Crippen molar-refractivity contribution in [2.24, 2.45) is 5.92 Å². The SMILES string of the molecule is CCC(C)CC(=O)N(CCC(=O)O)c1ccccc1C. The maximum atomic E-state index is 12.4. The Labute approximate surface area is 120 Å². The summed E-state index contributed by atoms with van der Waals surface area (Å²) in [6, 6.07) is 7.57. The van der Waals surface area contributed by atoms with Crippen LogP contribution < -0.4 is 4.90 Å². The third-order valence-corrected chi connectivity index (χ3v) is 3.48. The molecule has 0 radical (unpaired) electrons. The van der Waals surface area contributed by atoms with Crippen molar-refractivity contribution in [2.75, 3.05) is 11.4 Å². The van der Waals surface area contributed by atoms with E-state index in [9.17, 15) is 9.59 Å². The number of carbonyl (C=O) groups excluding carboxylic acids is 1. The van der Waals surface area contributed by atoms with E-state index in [-0.39, 0.29) is 18.9 Å². The molecule has 1 rings (SSSR count). The van der Waals surface area contributed by atoms with Crippen LogP contribution >= 0.6 is 0 Å². The quantitative estimate of drug-likeness (QED) is 0.832. The molecule has 0 aliphatic rings. The summed E-state index contributed by atoms with van der Waals surface area (Å²) in [6.45, 7) is 6.23. The van der Waals surface area contributed by atoms with Crippen LogP contribution in [0.3, 0.4) is 0 Å². The number of carboxylic acids is 1. The standard InChI is InChI=1S/C16H23NO3/c1-4-12(2)11-15(18)17(10-9-16(19)20)14-8-6-5-7-13(14)3/h5-8,12H,4,9-11H2,1-3H3,(H,19,20). The summed E-state index contributed by atoms with van der Waals surface area (Å²) in [5.74, 6) is -0.589. The second kappa shape index (κ2) is 7.68. The van der Waals surface area contributed by atoms with Crippen molar-refractivity contribution in [1.82, 2.24) is 0 Å². The monoisotopic (exact) mass is 277 g/mol. The molecule has 1 aromatic rings. The number of benzene rings is 1. The van der Waals surface area contributed by atoms with Gasteiger partial charge in [-0.1, -0.05) is 38.5 Å². The van der Waals surface area contributed by atoms with Crippen molar-refractivity contribution >= 4 is 17.6 Å². The molecule has 0 spiro atoms. The van der Waals surface area contributed by atoms with Crippen molar-refractivity contribution in [3.63, 3.8) is 0 Å². The number of nitrogens with zero attached hydrogens (tertiary/aromatic N) is 1. The van der Waals surface area contributed by atoms with Gasteiger partial charge >= 0.3 is 5.97 Å². The number of amides is 1. The zero-order valence-electron chi connectivity index (χ0n) is 12.4. The van der Waals surface area contributed by atoms with Crippen LogP contribution in [-0.4, -0.2) is 23.5 Å². The van der Waals surface area contributed by atoms with Crippen LogP contribution in [0.5, 0.6) is 0 Å². The second-order valence-corrected chi connectivity index (χ2v) is 5.19. The first kappa shape index (κ1) is 16.2. The van der Waals surface area contributed by atoms with E-state index < -0.39 is 5.97 Å².